The van der Waals surface area contributed by atoms with Crippen LogP contribution in [0.3, 0.4) is 0 Å². The van der Waals surface area contributed by atoms with Crippen molar-refractivity contribution in [1.82, 2.24) is 14.9 Å². The molecule has 0 spiro atoms. The number of pyridine rings is 1. The first-order chi connectivity index (χ1) is 11.7. The minimum Gasteiger partial charge on any atom is -0.341 e. The molecule has 1 unspecified atom stereocenters. The summed E-state index contributed by atoms with van der Waals surface area (Å²) in [6, 6.07) is 14.0. The number of rotatable bonds is 4. The monoisotopic (exact) mass is 337 g/mol. The maximum atomic E-state index is 11.9. The van der Waals surface area contributed by atoms with E-state index in [0.29, 0.717) is 13.0 Å². The largest absolute Gasteiger partial charge is 0.341 e. The van der Waals surface area contributed by atoms with Gasteiger partial charge in [0.15, 0.2) is 0 Å². The quantitative estimate of drug-likeness (QED) is 0.795. The van der Waals surface area contributed by atoms with E-state index in [1.807, 2.05) is 30.3 Å². The number of fused-ring (bicyclic) bond motifs is 1. The van der Waals surface area contributed by atoms with E-state index in [1.54, 1.807) is 6.20 Å². The third-order valence-corrected chi connectivity index (χ3v) is 5.08. The number of nitrogens with zero attached hydrogens (tertiary/aromatic N) is 2. The van der Waals surface area contributed by atoms with Crippen LogP contribution in [0.5, 0.6) is 0 Å². The van der Waals surface area contributed by atoms with Gasteiger partial charge >= 0.3 is 0 Å². The number of carbonyl (C=O) groups excluding carboxylic acids is 2. The molecule has 6 heteroatoms. The van der Waals surface area contributed by atoms with Crippen molar-refractivity contribution < 1.29 is 9.59 Å². The smallest absolute Gasteiger partial charge is 0.286 e. The van der Waals surface area contributed by atoms with Gasteiger partial charge in [-0.3, -0.25) is 19.9 Å². The summed E-state index contributed by atoms with van der Waals surface area (Å²) in [6.07, 6.45) is 4.39. The Kier molecular flexibility index (Phi) is 3.82. The first-order valence-electron chi connectivity index (χ1n) is 7.69. The number of para-hydroxylation sites is 1. The molecule has 120 valence electrons. The first-order valence-corrected chi connectivity index (χ1v) is 8.57. The summed E-state index contributed by atoms with van der Waals surface area (Å²) >= 11 is 1.07. The van der Waals surface area contributed by atoms with E-state index in [2.05, 4.69) is 33.2 Å². The Labute approximate surface area is 143 Å². The zero-order chi connectivity index (χ0) is 16.5. The minimum atomic E-state index is -0.355. The third-order valence-electron chi connectivity index (χ3n) is 4.10. The van der Waals surface area contributed by atoms with Gasteiger partial charge in [0, 0.05) is 23.3 Å². The highest BCUT2D eigenvalue weighted by Gasteiger charge is 2.32. The van der Waals surface area contributed by atoms with E-state index in [9.17, 15) is 9.59 Å². The number of amides is 2. The summed E-state index contributed by atoms with van der Waals surface area (Å²) in [5.74, 6) is -0.202. The molecule has 1 atom stereocenters. The van der Waals surface area contributed by atoms with Crippen LogP contribution in [-0.4, -0.2) is 25.9 Å². The predicted molar refractivity (Wildman–Crippen MR) is 93.9 cm³/mol. The molecule has 0 aliphatic carbocycles. The normalized spacial score (nSPS) is 17.4. The summed E-state index contributed by atoms with van der Waals surface area (Å²) in [6.45, 7) is 0.671. The third kappa shape index (κ3) is 2.80. The molecule has 1 aliphatic heterocycles. The number of benzene rings is 1. The molecule has 1 fully saturated rings. The van der Waals surface area contributed by atoms with Crippen LogP contribution in [-0.2, 0) is 17.8 Å². The molecule has 0 radical (unpaired) electrons. The van der Waals surface area contributed by atoms with Gasteiger partial charge in [-0.15, -0.1) is 0 Å². The van der Waals surface area contributed by atoms with Crippen molar-refractivity contribution in [2.24, 2.45) is 0 Å². The molecule has 3 aromatic rings. The van der Waals surface area contributed by atoms with Crippen LogP contribution >= 0.6 is 11.8 Å². The fraction of sp³-hybridized carbons (Fsp3) is 0.167. The number of thioether (sulfide) groups is 1. The molecule has 1 saturated heterocycles. The maximum absolute atomic E-state index is 11.9. The summed E-state index contributed by atoms with van der Waals surface area (Å²) in [5.41, 5.74) is 3.16. The average molecular weight is 337 g/mol. The van der Waals surface area contributed by atoms with Crippen LogP contribution < -0.4 is 5.32 Å². The molecule has 4 rings (SSSR count). The molecule has 0 bridgehead atoms. The van der Waals surface area contributed by atoms with Gasteiger partial charge in [0.25, 0.3) is 5.24 Å². The Bertz CT molecular complexity index is 920. The molecule has 2 aromatic heterocycles. The van der Waals surface area contributed by atoms with Crippen LogP contribution in [0.15, 0.2) is 54.9 Å². The van der Waals surface area contributed by atoms with Crippen molar-refractivity contribution in [1.29, 1.82) is 0 Å². The lowest BCUT2D eigenvalue weighted by Gasteiger charge is -2.04. The Morgan fingerprint density at radius 1 is 1.12 bits per heavy atom. The molecule has 1 N–H and O–H groups in total. The molecular formula is C18H15N3O2S. The van der Waals surface area contributed by atoms with E-state index < -0.39 is 0 Å². The van der Waals surface area contributed by atoms with Gasteiger partial charge in [0.1, 0.15) is 0 Å². The molecule has 2 amide bonds. The molecule has 3 heterocycles. The van der Waals surface area contributed by atoms with Crippen molar-refractivity contribution in [3.63, 3.8) is 0 Å². The zero-order valence-corrected chi connectivity index (χ0v) is 13.6. The Hall–Kier alpha value is -2.60. The van der Waals surface area contributed by atoms with Crippen molar-refractivity contribution in [2.75, 3.05) is 0 Å². The summed E-state index contributed by atoms with van der Waals surface area (Å²) in [7, 11) is 0. The molecule has 24 heavy (non-hydrogen) atoms. The molecule has 5 nitrogen and oxygen atoms in total. The molecule has 1 aliphatic rings. The van der Waals surface area contributed by atoms with Crippen molar-refractivity contribution in [2.45, 2.75) is 18.2 Å². The van der Waals surface area contributed by atoms with E-state index in [4.69, 9.17) is 0 Å². The molecule has 1 aromatic carbocycles. The number of imide groups is 1. The van der Waals surface area contributed by atoms with E-state index in [-0.39, 0.29) is 16.4 Å². The van der Waals surface area contributed by atoms with Crippen LogP contribution in [0.4, 0.5) is 4.79 Å². The van der Waals surface area contributed by atoms with Crippen LogP contribution in [0.2, 0.25) is 0 Å². The van der Waals surface area contributed by atoms with Crippen molar-refractivity contribution in [3.8, 4) is 0 Å². The summed E-state index contributed by atoms with van der Waals surface area (Å²) in [4.78, 5) is 27.6. The second-order valence-electron chi connectivity index (χ2n) is 5.71. The van der Waals surface area contributed by atoms with E-state index in [1.165, 1.54) is 0 Å². The van der Waals surface area contributed by atoms with Crippen molar-refractivity contribution in [3.05, 3.63) is 66.1 Å². The number of hydrogen-bond acceptors (Lipinski definition) is 4. The van der Waals surface area contributed by atoms with E-state index in [0.717, 1.165) is 33.9 Å². The van der Waals surface area contributed by atoms with Gasteiger partial charge in [-0.1, -0.05) is 36.0 Å². The topological polar surface area (TPSA) is 64.0 Å². The van der Waals surface area contributed by atoms with E-state index >= 15 is 0 Å². The lowest BCUT2D eigenvalue weighted by Crippen LogP contribution is -2.25. The number of aromatic nitrogens is 2. The van der Waals surface area contributed by atoms with Gasteiger partial charge in [-0.25, -0.2) is 0 Å². The molecule has 0 saturated carbocycles. The zero-order valence-electron chi connectivity index (χ0n) is 12.8. The summed E-state index contributed by atoms with van der Waals surface area (Å²) < 4.78 is 2.15. The average Bonchev–Trinajstić information content (AvgIpc) is 3.09. The molecular weight excluding hydrogens is 322 g/mol. The SMILES string of the molecule is O=C1NC(=O)C(Cc2cn(Cc3ccccn3)c3ccccc23)S1. The first kappa shape index (κ1) is 15.0. The van der Waals surface area contributed by atoms with Gasteiger partial charge in [0.05, 0.1) is 17.5 Å². The van der Waals surface area contributed by atoms with Gasteiger partial charge < -0.3 is 4.57 Å². The number of hydrogen-bond donors (Lipinski definition) is 1. The summed E-state index contributed by atoms with van der Waals surface area (Å²) in [5, 5.41) is 2.85. The highest BCUT2D eigenvalue weighted by molar-refractivity contribution is 8.15. The second-order valence-corrected chi connectivity index (χ2v) is 6.88. The number of nitrogens with one attached hydrogen (secondary N) is 1. The standard InChI is InChI=1S/C18H15N3O2S/c22-17-16(24-18(23)20-17)9-12-10-21(11-13-5-3-4-8-19-13)15-7-2-1-6-14(12)15/h1-8,10,16H,9,11H2,(H,20,22,23). The number of carbonyl (C=O) groups is 2. The second kappa shape index (κ2) is 6.13. The maximum Gasteiger partial charge on any atom is 0.286 e. The van der Waals surface area contributed by atoms with Gasteiger partial charge in [-0.05, 0) is 30.2 Å². The Morgan fingerprint density at radius 2 is 1.96 bits per heavy atom. The van der Waals surface area contributed by atoms with Crippen LogP contribution in [0.25, 0.3) is 10.9 Å². The fourth-order valence-corrected chi connectivity index (χ4v) is 3.86. The predicted octanol–water partition coefficient (Wildman–Crippen LogP) is 2.98. The highest BCUT2D eigenvalue weighted by Crippen LogP contribution is 2.28. The minimum absolute atomic E-state index is 0.202. The van der Waals surface area contributed by atoms with Gasteiger partial charge in [-0.2, -0.15) is 0 Å². The Balaban J connectivity index is 1.69. The van der Waals surface area contributed by atoms with Crippen molar-refractivity contribution >= 4 is 33.8 Å². The Morgan fingerprint density at radius 3 is 2.71 bits per heavy atom. The van der Waals surface area contributed by atoms with Gasteiger partial charge in [0.2, 0.25) is 5.91 Å². The fourth-order valence-electron chi connectivity index (χ4n) is 3.01. The lowest BCUT2D eigenvalue weighted by atomic mass is 10.1. The van der Waals surface area contributed by atoms with Crippen LogP contribution in [0, 0.1) is 0 Å². The lowest BCUT2D eigenvalue weighted by molar-refractivity contribution is -0.118. The van der Waals surface area contributed by atoms with Crippen LogP contribution in [0.1, 0.15) is 11.3 Å². The highest BCUT2D eigenvalue weighted by atomic mass is 32.2.